The van der Waals surface area contributed by atoms with Crippen LogP contribution in [0.2, 0.25) is 0 Å². The maximum atomic E-state index is 12.9. The van der Waals surface area contributed by atoms with Gasteiger partial charge in [0.1, 0.15) is 5.82 Å². The van der Waals surface area contributed by atoms with Gasteiger partial charge in [-0.05, 0) is 70.1 Å². The van der Waals surface area contributed by atoms with E-state index in [0.29, 0.717) is 19.0 Å². The number of hydrogen-bond acceptors (Lipinski definition) is 5. The predicted molar refractivity (Wildman–Crippen MR) is 103 cm³/mol. The molecule has 6 nitrogen and oxygen atoms in total. The van der Waals surface area contributed by atoms with Gasteiger partial charge in [-0.3, -0.25) is 4.79 Å². The first-order valence-corrected chi connectivity index (χ1v) is 10.2. The molecule has 0 unspecified atom stereocenters. The minimum atomic E-state index is -0.0627. The lowest BCUT2D eigenvalue weighted by atomic mass is 9.49. The van der Waals surface area contributed by atoms with Crippen molar-refractivity contribution in [2.45, 2.75) is 52.4 Å². The largest absolute Gasteiger partial charge is 0.370 e. The molecule has 1 aromatic rings. The molecule has 3 N–H and O–H groups in total. The Morgan fingerprint density at radius 3 is 2.35 bits per heavy atom. The number of hydrogen-bond donors (Lipinski definition) is 3. The molecule has 4 aliphatic rings. The summed E-state index contributed by atoms with van der Waals surface area (Å²) in [4.78, 5) is 21.8. The van der Waals surface area contributed by atoms with Crippen LogP contribution in [0, 0.1) is 30.1 Å². The number of rotatable bonds is 7. The zero-order valence-corrected chi connectivity index (χ0v) is 16.0. The standard InChI is InChI=1S/C20H31N5O/c1-3-21-17-6-13(2)24-19(25-17)23-5-4-22-18(26)20-10-14-7-15(11-20)9-16(8-14)12-20/h6,14-16H,3-5,7-12H2,1-2H3,(H,22,26)(H2,21,23,24,25). The van der Waals surface area contributed by atoms with Crippen LogP contribution in [-0.4, -0.2) is 35.5 Å². The molecule has 4 fully saturated rings. The molecule has 142 valence electrons. The van der Waals surface area contributed by atoms with Crippen molar-refractivity contribution in [3.8, 4) is 0 Å². The van der Waals surface area contributed by atoms with E-state index in [2.05, 4.69) is 25.9 Å². The molecule has 0 spiro atoms. The minimum Gasteiger partial charge on any atom is -0.370 e. The van der Waals surface area contributed by atoms with Gasteiger partial charge in [-0.25, -0.2) is 4.98 Å². The smallest absolute Gasteiger partial charge is 0.226 e. The Bertz CT molecular complexity index is 639. The molecule has 1 heterocycles. The summed E-state index contributed by atoms with van der Waals surface area (Å²) in [7, 11) is 0. The summed E-state index contributed by atoms with van der Waals surface area (Å²) >= 11 is 0. The third kappa shape index (κ3) is 3.51. The average molecular weight is 358 g/mol. The Balaban J connectivity index is 1.28. The molecule has 0 atom stereocenters. The number of nitrogens with zero attached hydrogens (tertiary/aromatic N) is 2. The maximum absolute atomic E-state index is 12.9. The fraction of sp³-hybridized carbons (Fsp3) is 0.750. The second kappa shape index (κ2) is 7.05. The molecule has 4 aliphatic carbocycles. The third-order valence-corrected chi connectivity index (χ3v) is 6.43. The molecule has 0 saturated heterocycles. The van der Waals surface area contributed by atoms with Crippen molar-refractivity contribution in [3.05, 3.63) is 11.8 Å². The number of carbonyl (C=O) groups excluding carboxylic acids is 1. The first kappa shape index (κ1) is 17.6. The molecule has 1 amide bonds. The lowest BCUT2D eigenvalue weighted by Gasteiger charge is -2.55. The summed E-state index contributed by atoms with van der Waals surface area (Å²) in [6.07, 6.45) is 7.45. The van der Waals surface area contributed by atoms with Gasteiger partial charge in [-0.2, -0.15) is 4.98 Å². The molecule has 1 aromatic heterocycles. The van der Waals surface area contributed by atoms with E-state index in [1.807, 2.05) is 19.9 Å². The van der Waals surface area contributed by atoms with Gasteiger partial charge in [0.05, 0.1) is 0 Å². The van der Waals surface area contributed by atoms with Crippen LogP contribution in [0.1, 0.15) is 51.1 Å². The highest BCUT2D eigenvalue weighted by Crippen LogP contribution is 2.60. The molecule has 0 aromatic carbocycles. The molecule has 4 saturated carbocycles. The Labute approximate surface area is 156 Å². The topological polar surface area (TPSA) is 78.9 Å². The lowest BCUT2D eigenvalue weighted by molar-refractivity contribution is -0.146. The summed E-state index contributed by atoms with van der Waals surface area (Å²) in [5.74, 6) is 4.14. The van der Waals surface area contributed by atoms with Crippen LogP contribution < -0.4 is 16.0 Å². The SMILES string of the molecule is CCNc1cc(C)nc(NCCNC(=O)C23CC4CC(CC(C4)C2)C3)n1. The van der Waals surface area contributed by atoms with E-state index < -0.39 is 0 Å². The maximum Gasteiger partial charge on any atom is 0.226 e. The summed E-state index contributed by atoms with van der Waals surface area (Å²) in [5.41, 5.74) is 0.864. The van der Waals surface area contributed by atoms with Gasteiger partial charge in [-0.1, -0.05) is 0 Å². The Kier molecular flexibility index (Phi) is 4.76. The van der Waals surface area contributed by atoms with Crippen LogP contribution in [0.5, 0.6) is 0 Å². The summed E-state index contributed by atoms with van der Waals surface area (Å²) in [5, 5.41) is 9.64. The van der Waals surface area contributed by atoms with Crippen LogP contribution in [-0.2, 0) is 4.79 Å². The van der Waals surface area contributed by atoms with E-state index in [9.17, 15) is 4.79 Å². The van der Waals surface area contributed by atoms with Gasteiger partial charge < -0.3 is 16.0 Å². The monoisotopic (exact) mass is 357 g/mol. The highest BCUT2D eigenvalue weighted by molar-refractivity contribution is 5.83. The van der Waals surface area contributed by atoms with Crippen molar-refractivity contribution >= 4 is 17.7 Å². The number of amides is 1. The second-order valence-corrected chi connectivity index (χ2v) is 8.63. The van der Waals surface area contributed by atoms with E-state index in [-0.39, 0.29) is 11.3 Å². The molecule has 0 aliphatic heterocycles. The highest BCUT2D eigenvalue weighted by Gasteiger charge is 2.54. The zero-order valence-electron chi connectivity index (χ0n) is 16.0. The summed E-state index contributed by atoms with van der Waals surface area (Å²) in [6, 6.07) is 1.93. The van der Waals surface area contributed by atoms with Crippen molar-refractivity contribution in [3.63, 3.8) is 0 Å². The van der Waals surface area contributed by atoms with Crippen LogP contribution in [0.25, 0.3) is 0 Å². The van der Waals surface area contributed by atoms with Crippen LogP contribution >= 0.6 is 0 Å². The summed E-state index contributed by atoms with van der Waals surface area (Å²) in [6.45, 7) is 6.10. The van der Waals surface area contributed by atoms with Gasteiger partial charge in [0, 0.05) is 36.8 Å². The normalized spacial score (nSPS) is 31.7. The Morgan fingerprint density at radius 1 is 1.08 bits per heavy atom. The van der Waals surface area contributed by atoms with Crippen molar-refractivity contribution in [1.29, 1.82) is 0 Å². The fourth-order valence-electron chi connectivity index (χ4n) is 5.85. The number of carbonyl (C=O) groups is 1. The van der Waals surface area contributed by atoms with Gasteiger partial charge in [0.2, 0.25) is 11.9 Å². The number of aryl methyl sites for hydroxylation is 1. The molecule has 4 bridgehead atoms. The highest BCUT2D eigenvalue weighted by atomic mass is 16.2. The Hall–Kier alpha value is -1.85. The van der Waals surface area contributed by atoms with Crippen LogP contribution in [0.15, 0.2) is 6.07 Å². The molecule has 6 heteroatoms. The van der Waals surface area contributed by atoms with Crippen molar-refractivity contribution in [2.75, 3.05) is 30.3 Å². The van der Waals surface area contributed by atoms with Crippen molar-refractivity contribution < 1.29 is 4.79 Å². The van der Waals surface area contributed by atoms with E-state index in [4.69, 9.17) is 0 Å². The Morgan fingerprint density at radius 2 is 1.73 bits per heavy atom. The average Bonchev–Trinajstić information content (AvgIpc) is 2.57. The van der Waals surface area contributed by atoms with E-state index in [1.165, 1.54) is 19.3 Å². The van der Waals surface area contributed by atoms with Crippen LogP contribution in [0.4, 0.5) is 11.8 Å². The lowest BCUT2D eigenvalue weighted by Crippen LogP contribution is -2.54. The molecular formula is C20H31N5O. The first-order chi connectivity index (χ1) is 12.6. The van der Waals surface area contributed by atoms with Crippen LogP contribution in [0.3, 0.4) is 0 Å². The van der Waals surface area contributed by atoms with E-state index in [0.717, 1.165) is 55.1 Å². The predicted octanol–water partition coefficient (Wildman–Crippen LogP) is 2.96. The molecule has 26 heavy (non-hydrogen) atoms. The first-order valence-electron chi connectivity index (χ1n) is 10.2. The fourth-order valence-corrected chi connectivity index (χ4v) is 5.85. The van der Waals surface area contributed by atoms with E-state index >= 15 is 0 Å². The molecule has 5 rings (SSSR count). The second-order valence-electron chi connectivity index (χ2n) is 8.63. The number of anilines is 2. The number of nitrogens with one attached hydrogen (secondary N) is 3. The van der Waals surface area contributed by atoms with Crippen molar-refractivity contribution in [2.24, 2.45) is 23.2 Å². The molecule has 0 radical (unpaired) electrons. The minimum absolute atomic E-state index is 0.0627. The van der Waals surface area contributed by atoms with E-state index in [1.54, 1.807) is 0 Å². The van der Waals surface area contributed by atoms with Crippen molar-refractivity contribution in [1.82, 2.24) is 15.3 Å². The molecular weight excluding hydrogens is 326 g/mol. The quantitative estimate of drug-likeness (QED) is 0.654. The number of aromatic nitrogens is 2. The van der Waals surface area contributed by atoms with Gasteiger partial charge in [0.25, 0.3) is 0 Å². The van der Waals surface area contributed by atoms with Gasteiger partial charge in [0.15, 0.2) is 0 Å². The van der Waals surface area contributed by atoms with Gasteiger partial charge in [-0.15, -0.1) is 0 Å². The third-order valence-electron chi connectivity index (χ3n) is 6.43. The summed E-state index contributed by atoms with van der Waals surface area (Å²) < 4.78 is 0. The zero-order chi connectivity index (χ0) is 18.1. The van der Waals surface area contributed by atoms with Gasteiger partial charge >= 0.3 is 0 Å².